The summed E-state index contributed by atoms with van der Waals surface area (Å²) in [5.74, 6) is -0.323. The van der Waals surface area contributed by atoms with E-state index in [0.29, 0.717) is 0 Å². The van der Waals surface area contributed by atoms with Crippen molar-refractivity contribution in [3.8, 4) is 11.3 Å². The standard InChI is InChI=1S/C13H13FN2/c1-9(15)10-2-4-11(5-3-10)13-7-6-12(14)8-16-13/h2-9H,15H2,1H3. The number of pyridine rings is 1. The highest BCUT2D eigenvalue weighted by Crippen LogP contribution is 2.19. The third-order valence-corrected chi connectivity index (χ3v) is 2.46. The zero-order chi connectivity index (χ0) is 11.5. The van der Waals surface area contributed by atoms with Crippen LogP contribution >= 0.6 is 0 Å². The maximum atomic E-state index is 12.7. The Balaban J connectivity index is 2.31. The average molecular weight is 216 g/mol. The van der Waals surface area contributed by atoms with Crippen molar-refractivity contribution in [2.75, 3.05) is 0 Å². The van der Waals surface area contributed by atoms with E-state index in [9.17, 15) is 4.39 Å². The SMILES string of the molecule is CC(N)c1ccc(-c2ccc(F)cn2)cc1. The molecule has 82 valence electrons. The fourth-order valence-corrected chi connectivity index (χ4v) is 1.50. The first kappa shape index (κ1) is 10.8. The monoisotopic (exact) mass is 216 g/mol. The van der Waals surface area contributed by atoms with Crippen molar-refractivity contribution in [3.05, 3.63) is 54.0 Å². The molecular weight excluding hydrogens is 203 g/mol. The summed E-state index contributed by atoms with van der Waals surface area (Å²) in [5, 5.41) is 0. The molecule has 2 rings (SSSR count). The first-order valence-electron chi connectivity index (χ1n) is 5.14. The van der Waals surface area contributed by atoms with Gasteiger partial charge in [-0.3, -0.25) is 4.98 Å². The Morgan fingerprint density at radius 2 is 1.81 bits per heavy atom. The number of rotatable bonds is 2. The van der Waals surface area contributed by atoms with E-state index in [1.165, 1.54) is 12.3 Å². The molecule has 0 bridgehead atoms. The van der Waals surface area contributed by atoms with Crippen molar-refractivity contribution in [2.24, 2.45) is 5.73 Å². The molecule has 1 unspecified atom stereocenters. The van der Waals surface area contributed by atoms with Crippen LogP contribution in [0.2, 0.25) is 0 Å². The summed E-state index contributed by atoms with van der Waals surface area (Å²) in [7, 11) is 0. The molecule has 1 heterocycles. The Kier molecular flexibility index (Phi) is 2.97. The quantitative estimate of drug-likeness (QED) is 0.838. The van der Waals surface area contributed by atoms with Gasteiger partial charge in [0.25, 0.3) is 0 Å². The summed E-state index contributed by atoms with van der Waals surface area (Å²) in [6, 6.07) is 10.9. The third-order valence-electron chi connectivity index (χ3n) is 2.46. The Labute approximate surface area is 93.9 Å². The molecular formula is C13H13FN2. The molecule has 0 spiro atoms. The minimum absolute atomic E-state index is 0.0234. The molecule has 0 aliphatic heterocycles. The van der Waals surface area contributed by atoms with Gasteiger partial charge in [-0.25, -0.2) is 4.39 Å². The highest BCUT2D eigenvalue weighted by Gasteiger charge is 2.02. The fourth-order valence-electron chi connectivity index (χ4n) is 1.50. The maximum absolute atomic E-state index is 12.7. The van der Waals surface area contributed by atoms with Crippen LogP contribution in [-0.4, -0.2) is 4.98 Å². The molecule has 1 atom stereocenters. The Morgan fingerprint density at radius 1 is 1.12 bits per heavy atom. The van der Waals surface area contributed by atoms with Crippen molar-refractivity contribution in [3.63, 3.8) is 0 Å². The summed E-state index contributed by atoms with van der Waals surface area (Å²) in [5.41, 5.74) is 8.56. The number of hydrogen-bond donors (Lipinski definition) is 1. The lowest BCUT2D eigenvalue weighted by molar-refractivity contribution is 0.622. The zero-order valence-corrected chi connectivity index (χ0v) is 9.02. The van der Waals surface area contributed by atoms with E-state index >= 15 is 0 Å². The molecule has 3 heteroatoms. The van der Waals surface area contributed by atoms with Crippen LogP contribution in [0.4, 0.5) is 4.39 Å². The van der Waals surface area contributed by atoms with Gasteiger partial charge >= 0.3 is 0 Å². The summed E-state index contributed by atoms with van der Waals surface area (Å²) in [6.45, 7) is 1.94. The lowest BCUT2D eigenvalue weighted by Gasteiger charge is -2.06. The second-order valence-electron chi connectivity index (χ2n) is 3.77. The summed E-state index contributed by atoms with van der Waals surface area (Å²) >= 11 is 0. The van der Waals surface area contributed by atoms with Gasteiger partial charge in [-0.2, -0.15) is 0 Å². The van der Waals surface area contributed by atoms with Gasteiger partial charge in [0.1, 0.15) is 5.82 Å². The van der Waals surface area contributed by atoms with Gasteiger partial charge < -0.3 is 5.73 Å². The third kappa shape index (κ3) is 2.25. The molecule has 1 aromatic heterocycles. The average Bonchev–Trinajstić information content (AvgIpc) is 2.30. The van der Waals surface area contributed by atoms with Crippen LogP contribution in [0.1, 0.15) is 18.5 Å². The first-order chi connectivity index (χ1) is 7.66. The number of aromatic nitrogens is 1. The van der Waals surface area contributed by atoms with E-state index in [1.807, 2.05) is 31.2 Å². The van der Waals surface area contributed by atoms with E-state index in [1.54, 1.807) is 6.07 Å². The molecule has 0 radical (unpaired) electrons. The number of nitrogens with two attached hydrogens (primary N) is 1. The van der Waals surface area contributed by atoms with Gasteiger partial charge in [0.2, 0.25) is 0 Å². The second-order valence-corrected chi connectivity index (χ2v) is 3.77. The molecule has 1 aromatic carbocycles. The van der Waals surface area contributed by atoms with Gasteiger partial charge in [0.05, 0.1) is 11.9 Å². The summed E-state index contributed by atoms with van der Waals surface area (Å²) in [6.07, 6.45) is 1.22. The van der Waals surface area contributed by atoms with Crippen LogP contribution in [0, 0.1) is 5.82 Å². The topological polar surface area (TPSA) is 38.9 Å². The van der Waals surface area contributed by atoms with Gasteiger partial charge in [-0.15, -0.1) is 0 Å². The lowest BCUT2D eigenvalue weighted by Crippen LogP contribution is -2.04. The minimum atomic E-state index is -0.323. The van der Waals surface area contributed by atoms with Crippen LogP contribution in [0.15, 0.2) is 42.6 Å². The number of hydrogen-bond acceptors (Lipinski definition) is 2. The number of nitrogens with zero attached hydrogens (tertiary/aromatic N) is 1. The first-order valence-corrected chi connectivity index (χ1v) is 5.14. The van der Waals surface area contributed by atoms with Crippen molar-refractivity contribution < 1.29 is 4.39 Å². The van der Waals surface area contributed by atoms with Crippen LogP contribution in [0.5, 0.6) is 0 Å². The van der Waals surface area contributed by atoms with Gasteiger partial charge in [0.15, 0.2) is 0 Å². The molecule has 16 heavy (non-hydrogen) atoms. The molecule has 2 aromatic rings. The zero-order valence-electron chi connectivity index (χ0n) is 9.02. The normalized spacial score (nSPS) is 12.4. The molecule has 0 saturated heterocycles. The maximum Gasteiger partial charge on any atom is 0.141 e. The van der Waals surface area contributed by atoms with E-state index < -0.39 is 0 Å². The fraction of sp³-hybridized carbons (Fsp3) is 0.154. The smallest absolute Gasteiger partial charge is 0.141 e. The lowest BCUT2D eigenvalue weighted by atomic mass is 10.0. The summed E-state index contributed by atoms with van der Waals surface area (Å²) in [4.78, 5) is 4.02. The largest absolute Gasteiger partial charge is 0.324 e. The molecule has 2 N–H and O–H groups in total. The van der Waals surface area contributed by atoms with Crippen LogP contribution in [0.25, 0.3) is 11.3 Å². The predicted molar refractivity (Wildman–Crippen MR) is 62.2 cm³/mol. The van der Waals surface area contributed by atoms with E-state index in [0.717, 1.165) is 16.8 Å². The highest BCUT2D eigenvalue weighted by molar-refractivity contribution is 5.59. The van der Waals surface area contributed by atoms with Gasteiger partial charge in [0, 0.05) is 11.6 Å². The molecule has 2 nitrogen and oxygen atoms in total. The van der Waals surface area contributed by atoms with Gasteiger partial charge in [-0.1, -0.05) is 24.3 Å². The Morgan fingerprint density at radius 3 is 2.31 bits per heavy atom. The number of halogens is 1. The molecule has 0 aliphatic carbocycles. The summed E-state index contributed by atoms with van der Waals surface area (Å²) < 4.78 is 12.7. The van der Waals surface area contributed by atoms with Crippen molar-refractivity contribution in [1.29, 1.82) is 0 Å². The van der Waals surface area contributed by atoms with Gasteiger partial charge in [-0.05, 0) is 24.6 Å². The highest BCUT2D eigenvalue weighted by atomic mass is 19.1. The molecule has 0 amide bonds. The van der Waals surface area contributed by atoms with Crippen LogP contribution in [-0.2, 0) is 0 Å². The van der Waals surface area contributed by atoms with Crippen molar-refractivity contribution in [2.45, 2.75) is 13.0 Å². The molecule has 0 fully saturated rings. The van der Waals surface area contributed by atoms with Crippen molar-refractivity contribution >= 4 is 0 Å². The van der Waals surface area contributed by atoms with Crippen LogP contribution < -0.4 is 5.73 Å². The Hall–Kier alpha value is -1.74. The minimum Gasteiger partial charge on any atom is -0.324 e. The molecule has 0 aliphatic rings. The van der Waals surface area contributed by atoms with E-state index in [2.05, 4.69) is 4.98 Å². The predicted octanol–water partition coefficient (Wildman–Crippen LogP) is 2.91. The van der Waals surface area contributed by atoms with Crippen LogP contribution in [0.3, 0.4) is 0 Å². The Bertz CT molecular complexity index is 460. The van der Waals surface area contributed by atoms with Crippen molar-refractivity contribution in [1.82, 2.24) is 4.98 Å². The van der Waals surface area contributed by atoms with E-state index in [-0.39, 0.29) is 11.9 Å². The molecule has 0 saturated carbocycles. The van der Waals surface area contributed by atoms with E-state index in [4.69, 9.17) is 5.73 Å². The second kappa shape index (κ2) is 4.41. The number of benzene rings is 1.